The van der Waals surface area contributed by atoms with Crippen LogP contribution in [0.4, 0.5) is 0 Å². The number of fused-ring (bicyclic) bond motifs is 5. The van der Waals surface area contributed by atoms with Crippen LogP contribution in [0.2, 0.25) is 0 Å². The van der Waals surface area contributed by atoms with E-state index < -0.39 is 5.92 Å². The van der Waals surface area contributed by atoms with Crippen molar-refractivity contribution >= 4 is 12.3 Å². The smallest absolute Gasteiger partial charge is 0.315 e. The Labute approximate surface area is 177 Å². The summed E-state index contributed by atoms with van der Waals surface area (Å²) in [5, 5.41) is 0. The molecule has 0 N–H and O–H groups in total. The molecule has 0 aromatic carbocycles. The minimum Gasteiger partial charge on any atom is -0.468 e. The molecule has 0 radical (unpaired) electrons. The Kier molecular flexibility index (Phi) is 5.90. The maximum atomic E-state index is 12.0. The van der Waals surface area contributed by atoms with Gasteiger partial charge in [0.1, 0.15) is 12.2 Å². The second kappa shape index (κ2) is 8.00. The van der Waals surface area contributed by atoms with Gasteiger partial charge >= 0.3 is 5.97 Å². The van der Waals surface area contributed by atoms with E-state index in [9.17, 15) is 9.59 Å². The third-order valence-corrected chi connectivity index (χ3v) is 10.6. The van der Waals surface area contributed by atoms with Crippen LogP contribution in [-0.2, 0) is 14.3 Å². The van der Waals surface area contributed by atoms with Gasteiger partial charge in [-0.05, 0) is 104 Å². The summed E-state index contributed by atoms with van der Waals surface area (Å²) in [6, 6.07) is 0. The normalized spacial score (nSPS) is 46.0. The monoisotopic (exact) mass is 402 g/mol. The summed E-state index contributed by atoms with van der Waals surface area (Å²) in [6.45, 7) is 7.49. The van der Waals surface area contributed by atoms with Crippen LogP contribution in [-0.4, -0.2) is 19.4 Å². The molecule has 0 aromatic heterocycles. The SMILES string of the molecule is COC(=O)C(C=O)C[C@@H](C)C1CCC2C3CCC4CCCCC4(C)C3CCC21C. The van der Waals surface area contributed by atoms with Gasteiger partial charge in [0.05, 0.1) is 7.11 Å². The number of carbonyl (C=O) groups excluding carboxylic acids is 2. The van der Waals surface area contributed by atoms with E-state index in [4.69, 9.17) is 4.74 Å². The summed E-state index contributed by atoms with van der Waals surface area (Å²) in [4.78, 5) is 23.4. The first kappa shape index (κ1) is 21.4. The number of methoxy groups -OCH3 is 1. The van der Waals surface area contributed by atoms with Gasteiger partial charge in [-0.15, -0.1) is 0 Å². The van der Waals surface area contributed by atoms with E-state index in [1.54, 1.807) is 0 Å². The highest BCUT2D eigenvalue weighted by atomic mass is 16.5. The zero-order valence-corrected chi connectivity index (χ0v) is 19.1. The molecule has 3 heteroatoms. The van der Waals surface area contributed by atoms with E-state index in [1.807, 2.05) is 0 Å². The average molecular weight is 403 g/mol. The quantitative estimate of drug-likeness (QED) is 0.319. The van der Waals surface area contributed by atoms with Crippen molar-refractivity contribution in [3.63, 3.8) is 0 Å². The molecule has 0 amide bonds. The summed E-state index contributed by atoms with van der Waals surface area (Å²) in [5.41, 5.74) is 0.988. The van der Waals surface area contributed by atoms with Gasteiger partial charge in [0.2, 0.25) is 0 Å². The zero-order valence-electron chi connectivity index (χ0n) is 19.1. The molecule has 4 saturated carbocycles. The van der Waals surface area contributed by atoms with E-state index in [0.717, 1.165) is 30.0 Å². The summed E-state index contributed by atoms with van der Waals surface area (Å²) in [5.74, 6) is 3.76. The van der Waals surface area contributed by atoms with Crippen LogP contribution < -0.4 is 0 Å². The van der Waals surface area contributed by atoms with E-state index in [2.05, 4.69) is 20.8 Å². The van der Waals surface area contributed by atoms with Gasteiger partial charge in [-0.1, -0.05) is 33.6 Å². The molecule has 4 aliphatic carbocycles. The fourth-order valence-corrected chi connectivity index (χ4v) is 9.19. The van der Waals surface area contributed by atoms with Gasteiger partial charge in [-0.3, -0.25) is 4.79 Å². The molecule has 4 fully saturated rings. The summed E-state index contributed by atoms with van der Waals surface area (Å²) in [7, 11) is 1.39. The maximum Gasteiger partial charge on any atom is 0.315 e. The molecule has 29 heavy (non-hydrogen) atoms. The Morgan fingerprint density at radius 2 is 1.76 bits per heavy atom. The molecule has 0 aliphatic heterocycles. The standard InChI is InChI=1S/C26H42O3/c1-17(15-18(16-27)24(28)29-4)21-10-11-22-20-9-8-19-7-5-6-13-25(19,2)23(20)12-14-26(21,22)3/h16-23H,5-15H2,1-4H3/t17-,18?,19?,20?,21?,22?,23?,25?,26?/m1/s1. The molecule has 8 unspecified atom stereocenters. The van der Waals surface area contributed by atoms with Crippen LogP contribution >= 0.6 is 0 Å². The van der Waals surface area contributed by atoms with Gasteiger partial charge in [0.25, 0.3) is 0 Å². The first-order chi connectivity index (χ1) is 13.8. The lowest BCUT2D eigenvalue weighted by Crippen LogP contribution is -2.53. The number of hydrogen-bond donors (Lipinski definition) is 0. The van der Waals surface area contributed by atoms with Crippen molar-refractivity contribution in [2.75, 3.05) is 7.11 Å². The Bertz CT molecular complexity index is 629. The minimum absolute atomic E-state index is 0.362. The maximum absolute atomic E-state index is 12.0. The van der Waals surface area contributed by atoms with Crippen LogP contribution in [0.1, 0.15) is 91.4 Å². The van der Waals surface area contributed by atoms with Crippen LogP contribution in [0.3, 0.4) is 0 Å². The molecule has 0 aromatic rings. The third-order valence-electron chi connectivity index (χ3n) is 10.6. The summed E-state index contributed by atoms with van der Waals surface area (Å²) >= 11 is 0. The fourth-order valence-electron chi connectivity index (χ4n) is 9.19. The van der Waals surface area contributed by atoms with Crippen molar-refractivity contribution in [2.45, 2.75) is 91.4 Å². The number of rotatable bonds is 5. The molecule has 4 aliphatic rings. The highest BCUT2D eigenvalue weighted by Gasteiger charge is 2.60. The molecule has 0 spiro atoms. The van der Waals surface area contributed by atoms with Crippen molar-refractivity contribution in [3.05, 3.63) is 0 Å². The lowest BCUT2D eigenvalue weighted by molar-refractivity contribution is -0.148. The van der Waals surface area contributed by atoms with Gasteiger partial charge in [0, 0.05) is 0 Å². The molecule has 4 rings (SSSR count). The second-order valence-corrected chi connectivity index (χ2v) is 11.6. The van der Waals surface area contributed by atoms with Gasteiger partial charge in [-0.2, -0.15) is 0 Å². The van der Waals surface area contributed by atoms with E-state index >= 15 is 0 Å². The molecule has 0 bridgehead atoms. The van der Waals surface area contributed by atoms with E-state index in [1.165, 1.54) is 71.3 Å². The number of hydrogen-bond acceptors (Lipinski definition) is 3. The highest BCUT2D eigenvalue weighted by Crippen LogP contribution is 2.68. The average Bonchev–Trinajstić information content (AvgIpc) is 3.08. The fraction of sp³-hybridized carbons (Fsp3) is 0.923. The largest absolute Gasteiger partial charge is 0.468 e. The Morgan fingerprint density at radius 1 is 1.00 bits per heavy atom. The molecule has 0 heterocycles. The van der Waals surface area contributed by atoms with Gasteiger partial charge < -0.3 is 9.53 Å². The first-order valence-corrected chi connectivity index (χ1v) is 12.4. The zero-order chi connectivity index (χ0) is 20.8. The van der Waals surface area contributed by atoms with Crippen molar-refractivity contribution in [3.8, 4) is 0 Å². The molecular weight excluding hydrogens is 360 g/mol. The first-order valence-electron chi connectivity index (χ1n) is 12.4. The third kappa shape index (κ3) is 3.39. The summed E-state index contributed by atoms with van der Waals surface area (Å²) < 4.78 is 4.86. The van der Waals surface area contributed by atoms with Crippen LogP contribution in [0, 0.1) is 52.3 Å². The van der Waals surface area contributed by atoms with Crippen molar-refractivity contribution in [1.29, 1.82) is 0 Å². The Hall–Kier alpha value is -0.860. The molecule has 9 atom stereocenters. The van der Waals surface area contributed by atoms with Crippen molar-refractivity contribution in [2.24, 2.45) is 52.3 Å². The Morgan fingerprint density at radius 3 is 2.48 bits per heavy atom. The lowest BCUT2D eigenvalue weighted by Gasteiger charge is -2.61. The van der Waals surface area contributed by atoms with Crippen LogP contribution in [0.15, 0.2) is 0 Å². The summed E-state index contributed by atoms with van der Waals surface area (Å²) in [6.07, 6.45) is 15.6. The molecular formula is C26H42O3. The predicted molar refractivity (Wildman–Crippen MR) is 115 cm³/mol. The highest BCUT2D eigenvalue weighted by molar-refractivity contribution is 5.87. The minimum atomic E-state index is -0.592. The van der Waals surface area contributed by atoms with Crippen molar-refractivity contribution in [1.82, 2.24) is 0 Å². The van der Waals surface area contributed by atoms with E-state index in [-0.39, 0.29) is 5.97 Å². The number of aldehydes is 1. The van der Waals surface area contributed by atoms with Crippen molar-refractivity contribution < 1.29 is 14.3 Å². The van der Waals surface area contributed by atoms with E-state index in [0.29, 0.717) is 29.1 Å². The van der Waals surface area contributed by atoms with Gasteiger partial charge in [-0.25, -0.2) is 0 Å². The Balaban J connectivity index is 1.50. The topological polar surface area (TPSA) is 43.4 Å². The molecule has 164 valence electrons. The molecule has 3 nitrogen and oxygen atoms in total. The molecule has 0 saturated heterocycles. The number of carbonyl (C=O) groups is 2. The number of ether oxygens (including phenoxy) is 1. The predicted octanol–water partition coefficient (Wildman–Crippen LogP) is 6.05. The van der Waals surface area contributed by atoms with Crippen LogP contribution in [0.5, 0.6) is 0 Å². The lowest BCUT2D eigenvalue weighted by atomic mass is 9.44. The number of esters is 1. The second-order valence-electron chi connectivity index (χ2n) is 11.6. The van der Waals surface area contributed by atoms with Crippen LogP contribution in [0.25, 0.3) is 0 Å². The van der Waals surface area contributed by atoms with Gasteiger partial charge in [0.15, 0.2) is 0 Å².